The molecular formula is C15H17ClN4O3S. The highest BCUT2D eigenvalue weighted by molar-refractivity contribution is 7.91. The van der Waals surface area contributed by atoms with Gasteiger partial charge in [0.1, 0.15) is 0 Å². The first kappa shape index (κ1) is 16.9. The number of nitrogens with one attached hydrogen (secondary N) is 1. The summed E-state index contributed by atoms with van der Waals surface area (Å²) in [5.41, 5.74) is 2.33. The molecule has 1 atom stereocenters. The summed E-state index contributed by atoms with van der Waals surface area (Å²) in [6, 6.07) is 5.05. The van der Waals surface area contributed by atoms with Gasteiger partial charge in [-0.2, -0.15) is 0 Å². The number of hydrogen-bond acceptors (Lipinski definition) is 5. The number of carbonyl (C=O) groups is 1. The van der Waals surface area contributed by atoms with Gasteiger partial charge in [-0.15, -0.1) is 5.10 Å². The van der Waals surface area contributed by atoms with E-state index in [2.05, 4.69) is 15.6 Å². The van der Waals surface area contributed by atoms with Gasteiger partial charge in [-0.1, -0.05) is 22.9 Å². The zero-order chi connectivity index (χ0) is 17.5. The van der Waals surface area contributed by atoms with Crippen molar-refractivity contribution in [2.45, 2.75) is 26.3 Å². The van der Waals surface area contributed by atoms with Gasteiger partial charge in [0.05, 0.1) is 22.9 Å². The maximum Gasteiger partial charge on any atom is 0.274 e. The molecule has 9 heteroatoms. The Morgan fingerprint density at radius 3 is 2.79 bits per heavy atom. The Morgan fingerprint density at radius 1 is 1.38 bits per heavy atom. The standard InChI is InChI=1S/C15H17ClN4O3S/c1-9-12(16)4-3-5-13(9)20-10(2)14(18-19-20)15(21)17-11-6-7-24(22,23)8-11/h3-5,11H,6-8H2,1-2H3,(H,17,21)/t11-/m1/s1. The van der Waals surface area contributed by atoms with Crippen molar-refractivity contribution in [1.29, 1.82) is 0 Å². The number of sulfone groups is 1. The van der Waals surface area contributed by atoms with E-state index in [-0.39, 0.29) is 23.2 Å². The number of halogens is 1. The summed E-state index contributed by atoms with van der Waals surface area (Å²) < 4.78 is 24.5. The highest BCUT2D eigenvalue weighted by Crippen LogP contribution is 2.23. The first-order chi connectivity index (χ1) is 11.3. The second kappa shape index (κ2) is 6.18. The van der Waals surface area contributed by atoms with Crippen molar-refractivity contribution in [3.8, 4) is 5.69 Å². The molecule has 1 aromatic heterocycles. The van der Waals surface area contributed by atoms with Crippen LogP contribution < -0.4 is 5.32 Å². The lowest BCUT2D eigenvalue weighted by molar-refractivity contribution is 0.0935. The predicted octanol–water partition coefficient (Wildman–Crippen LogP) is 1.45. The van der Waals surface area contributed by atoms with Crippen LogP contribution in [0.15, 0.2) is 18.2 Å². The van der Waals surface area contributed by atoms with Gasteiger partial charge < -0.3 is 5.32 Å². The van der Waals surface area contributed by atoms with E-state index in [4.69, 9.17) is 11.6 Å². The average Bonchev–Trinajstić information content (AvgIpc) is 3.04. The molecule has 0 unspecified atom stereocenters. The molecule has 0 bridgehead atoms. The number of carbonyl (C=O) groups excluding carboxylic acids is 1. The average molecular weight is 369 g/mol. The monoisotopic (exact) mass is 368 g/mol. The zero-order valence-corrected chi connectivity index (χ0v) is 14.9. The Morgan fingerprint density at radius 2 is 2.12 bits per heavy atom. The number of hydrogen-bond donors (Lipinski definition) is 1. The zero-order valence-electron chi connectivity index (χ0n) is 13.3. The van der Waals surface area contributed by atoms with E-state index >= 15 is 0 Å². The molecule has 1 aliphatic heterocycles. The largest absolute Gasteiger partial charge is 0.347 e. The first-order valence-corrected chi connectivity index (χ1v) is 9.67. The second-order valence-corrected chi connectivity index (χ2v) is 8.53. The van der Waals surface area contributed by atoms with Crippen LogP contribution in [0.25, 0.3) is 5.69 Å². The minimum absolute atomic E-state index is 0.0284. The summed E-state index contributed by atoms with van der Waals surface area (Å²) in [4.78, 5) is 12.4. The van der Waals surface area contributed by atoms with Crippen LogP contribution in [0.5, 0.6) is 0 Å². The van der Waals surface area contributed by atoms with E-state index in [1.54, 1.807) is 23.7 Å². The van der Waals surface area contributed by atoms with Crippen molar-refractivity contribution in [3.63, 3.8) is 0 Å². The van der Waals surface area contributed by atoms with Crippen molar-refractivity contribution in [3.05, 3.63) is 40.2 Å². The summed E-state index contributed by atoms with van der Waals surface area (Å²) in [5, 5.41) is 11.3. The summed E-state index contributed by atoms with van der Waals surface area (Å²) in [6.45, 7) is 3.60. The molecule has 0 radical (unpaired) electrons. The highest BCUT2D eigenvalue weighted by Gasteiger charge is 2.30. The molecule has 24 heavy (non-hydrogen) atoms. The third-order valence-electron chi connectivity index (χ3n) is 4.14. The first-order valence-electron chi connectivity index (χ1n) is 7.47. The van der Waals surface area contributed by atoms with E-state index in [1.165, 1.54) is 0 Å². The summed E-state index contributed by atoms with van der Waals surface area (Å²) >= 11 is 6.13. The van der Waals surface area contributed by atoms with Crippen molar-refractivity contribution in [1.82, 2.24) is 20.3 Å². The Balaban J connectivity index is 1.85. The molecule has 1 amide bonds. The minimum atomic E-state index is -3.05. The molecule has 7 nitrogen and oxygen atoms in total. The van der Waals surface area contributed by atoms with Crippen molar-refractivity contribution in [2.75, 3.05) is 11.5 Å². The van der Waals surface area contributed by atoms with Crippen molar-refractivity contribution < 1.29 is 13.2 Å². The van der Waals surface area contributed by atoms with E-state index in [0.717, 1.165) is 11.3 Å². The fraction of sp³-hybridized carbons (Fsp3) is 0.400. The minimum Gasteiger partial charge on any atom is -0.347 e. The highest BCUT2D eigenvalue weighted by atomic mass is 35.5. The Kier molecular flexibility index (Phi) is 4.35. The van der Waals surface area contributed by atoms with Gasteiger partial charge in [0.25, 0.3) is 5.91 Å². The topological polar surface area (TPSA) is 93.9 Å². The van der Waals surface area contributed by atoms with Crippen LogP contribution in [-0.4, -0.2) is 46.9 Å². The fourth-order valence-electron chi connectivity index (χ4n) is 2.76. The van der Waals surface area contributed by atoms with Gasteiger partial charge in [0.2, 0.25) is 0 Å². The summed E-state index contributed by atoms with van der Waals surface area (Å²) in [6.07, 6.45) is 0.425. The van der Waals surface area contributed by atoms with Gasteiger partial charge in [-0.25, -0.2) is 13.1 Å². The number of rotatable bonds is 3. The lowest BCUT2D eigenvalue weighted by Gasteiger charge is -2.10. The van der Waals surface area contributed by atoms with Gasteiger partial charge in [0.15, 0.2) is 15.5 Å². The molecule has 2 aromatic rings. The van der Waals surface area contributed by atoms with Crippen LogP contribution in [0.2, 0.25) is 5.02 Å². The van der Waals surface area contributed by atoms with Gasteiger partial charge in [-0.05, 0) is 38.0 Å². The maximum atomic E-state index is 12.4. The van der Waals surface area contributed by atoms with Crippen LogP contribution in [0.4, 0.5) is 0 Å². The van der Waals surface area contributed by atoms with Crippen LogP contribution in [0, 0.1) is 13.8 Å². The normalized spacial score (nSPS) is 19.4. The van der Waals surface area contributed by atoms with Crippen LogP contribution in [-0.2, 0) is 9.84 Å². The summed E-state index contributed by atoms with van der Waals surface area (Å²) in [7, 11) is -3.05. The Bertz CT molecular complexity index is 907. The van der Waals surface area contributed by atoms with Crippen LogP contribution in [0.1, 0.15) is 28.2 Å². The molecule has 1 fully saturated rings. The van der Waals surface area contributed by atoms with E-state index in [9.17, 15) is 13.2 Å². The Labute approximate surface area is 144 Å². The Hall–Kier alpha value is -1.93. The third-order valence-corrected chi connectivity index (χ3v) is 6.32. The SMILES string of the molecule is Cc1c(Cl)cccc1-n1nnc(C(=O)N[C@@H]2CCS(=O)(=O)C2)c1C. The molecule has 1 aromatic carbocycles. The van der Waals surface area contributed by atoms with E-state index in [1.807, 2.05) is 13.0 Å². The molecule has 1 saturated heterocycles. The number of amides is 1. The molecule has 1 aliphatic rings. The number of aromatic nitrogens is 3. The molecule has 0 aliphatic carbocycles. The maximum absolute atomic E-state index is 12.4. The van der Waals surface area contributed by atoms with E-state index in [0.29, 0.717) is 17.1 Å². The molecule has 0 saturated carbocycles. The van der Waals surface area contributed by atoms with Crippen molar-refractivity contribution in [2.24, 2.45) is 0 Å². The molecular weight excluding hydrogens is 352 g/mol. The fourth-order valence-corrected chi connectivity index (χ4v) is 4.60. The van der Waals surface area contributed by atoms with Gasteiger partial charge in [-0.3, -0.25) is 4.79 Å². The molecule has 2 heterocycles. The molecule has 0 spiro atoms. The lowest BCUT2D eigenvalue weighted by Crippen LogP contribution is -2.36. The third kappa shape index (κ3) is 3.16. The number of benzene rings is 1. The van der Waals surface area contributed by atoms with Gasteiger partial charge >= 0.3 is 0 Å². The van der Waals surface area contributed by atoms with Gasteiger partial charge in [0, 0.05) is 11.1 Å². The predicted molar refractivity (Wildman–Crippen MR) is 90.4 cm³/mol. The second-order valence-electron chi connectivity index (χ2n) is 5.89. The molecule has 1 N–H and O–H groups in total. The molecule has 128 valence electrons. The van der Waals surface area contributed by atoms with Crippen LogP contribution in [0.3, 0.4) is 0 Å². The lowest BCUT2D eigenvalue weighted by atomic mass is 10.2. The smallest absolute Gasteiger partial charge is 0.274 e. The quantitative estimate of drug-likeness (QED) is 0.885. The number of nitrogens with zero attached hydrogens (tertiary/aromatic N) is 3. The summed E-state index contributed by atoms with van der Waals surface area (Å²) in [5.74, 6) is -0.342. The molecule has 3 rings (SSSR count). The van der Waals surface area contributed by atoms with Crippen LogP contribution >= 0.6 is 11.6 Å². The van der Waals surface area contributed by atoms with E-state index < -0.39 is 15.7 Å². The van der Waals surface area contributed by atoms with Crippen molar-refractivity contribution >= 4 is 27.3 Å².